The van der Waals surface area contributed by atoms with Gasteiger partial charge in [0.05, 0.1) is 15.6 Å². The minimum atomic E-state index is -0.623. The summed E-state index contributed by atoms with van der Waals surface area (Å²) >= 11 is 1.03. The van der Waals surface area contributed by atoms with Gasteiger partial charge < -0.3 is 10.6 Å². The Kier molecular flexibility index (Phi) is 7.94. The van der Waals surface area contributed by atoms with E-state index < -0.39 is 10.8 Å². The third-order valence-corrected chi connectivity index (χ3v) is 5.37. The molecule has 0 heterocycles. The summed E-state index contributed by atoms with van der Waals surface area (Å²) in [7, 11) is 0. The SMILES string of the molecule is N#C/C(=C\c1ccc(SCC(=O)Nc2ccccc2)c([N+](=O)[O-])c1)C(=O)Nc1ccccc1. The lowest BCUT2D eigenvalue weighted by molar-refractivity contribution is -0.387. The topological polar surface area (TPSA) is 125 Å². The average Bonchev–Trinajstić information content (AvgIpc) is 2.82. The third kappa shape index (κ3) is 6.78. The van der Waals surface area contributed by atoms with Gasteiger partial charge in [-0.25, -0.2) is 0 Å². The van der Waals surface area contributed by atoms with Crippen LogP contribution in [-0.4, -0.2) is 22.5 Å². The first-order chi connectivity index (χ1) is 16.0. The third-order valence-electron chi connectivity index (χ3n) is 4.30. The van der Waals surface area contributed by atoms with E-state index in [1.807, 2.05) is 12.1 Å². The molecule has 3 aromatic carbocycles. The molecule has 0 aromatic heterocycles. The van der Waals surface area contributed by atoms with Crippen LogP contribution in [-0.2, 0) is 9.59 Å². The van der Waals surface area contributed by atoms with Crippen LogP contribution in [0.5, 0.6) is 0 Å². The Labute approximate surface area is 194 Å². The molecule has 0 atom stereocenters. The summed E-state index contributed by atoms with van der Waals surface area (Å²) in [5.74, 6) is -0.940. The number of nitriles is 1. The number of nitro benzene ring substituents is 1. The summed E-state index contributed by atoms with van der Waals surface area (Å²) in [5.41, 5.74) is 1.06. The van der Waals surface area contributed by atoms with Crippen molar-refractivity contribution in [2.75, 3.05) is 16.4 Å². The van der Waals surface area contributed by atoms with Crippen molar-refractivity contribution in [3.8, 4) is 6.07 Å². The minimum Gasteiger partial charge on any atom is -0.325 e. The quantitative estimate of drug-likeness (QED) is 0.163. The highest BCUT2D eigenvalue weighted by molar-refractivity contribution is 8.00. The Hall–Kier alpha value is -4.42. The predicted octanol–water partition coefficient (Wildman–Crippen LogP) is 4.87. The summed E-state index contributed by atoms with van der Waals surface area (Å²) in [6, 6.07) is 23.7. The maximum absolute atomic E-state index is 12.4. The predicted molar refractivity (Wildman–Crippen MR) is 128 cm³/mol. The summed E-state index contributed by atoms with van der Waals surface area (Å²) in [5, 5.41) is 26.3. The Balaban J connectivity index is 1.73. The van der Waals surface area contributed by atoms with E-state index in [0.29, 0.717) is 21.8 Å². The van der Waals surface area contributed by atoms with Crippen molar-refractivity contribution in [1.82, 2.24) is 0 Å². The van der Waals surface area contributed by atoms with Crippen molar-refractivity contribution >= 4 is 46.7 Å². The van der Waals surface area contributed by atoms with Crippen molar-refractivity contribution in [3.63, 3.8) is 0 Å². The second-order valence-electron chi connectivity index (χ2n) is 6.68. The van der Waals surface area contributed by atoms with Crippen molar-refractivity contribution < 1.29 is 14.5 Å². The molecule has 8 nitrogen and oxygen atoms in total. The van der Waals surface area contributed by atoms with Crippen molar-refractivity contribution in [3.05, 3.63) is 100 Å². The van der Waals surface area contributed by atoms with Gasteiger partial charge in [-0.05, 0) is 42.0 Å². The zero-order chi connectivity index (χ0) is 23.6. The van der Waals surface area contributed by atoms with Gasteiger partial charge in [0.25, 0.3) is 11.6 Å². The van der Waals surface area contributed by atoms with Crippen LogP contribution < -0.4 is 10.6 Å². The molecule has 2 N–H and O–H groups in total. The van der Waals surface area contributed by atoms with Crippen LogP contribution in [0.1, 0.15) is 5.56 Å². The number of thioether (sulfide) groups is 1. The maximum Gasteiger partial charge on any atom is 0.283 e. The fraction of sp³-hybridized carbons (Fsp3) is 0.0417. The second kappa shape index (κ2) is 11.3. The summed E-state index contributed by atoms with van der Waals surface area (Å²) in [6.07, 6.45) is 1.28. The van der Waals surface area contributed by atoms with Crippen LogP contribution in [0.15, 0.2) is 89.3 Å². The summed E-state index contributed by atoms with van der Waals surface area (Å²) in [4.78, 5) is 35.8. The molecule has 3 rings (SSSR count). The van der Waals surface area contributed by atoms with Gasteiger partial charge in [0, 0.05) is 17.4 Å². The number of nitro groups is 1. The molecule has 33 heavy (non-hydrogen) atoms. The standard InChI is InChI=1S/C24H18N4O4S/c25-15-18(24(30)27-20-9-5-2-6-10-20)13-17-11-12-22(21(14-17)28(31)32)33-16-23(29)26-19-7-3-1-4-8-19/h1-14H,16H2,(H,26,29)(H,27,30)/b18-13+. The number of hydrogen-bond donors (Lipinski definition) is 2. The lowest BCUT2D eigenvalue weighted by Gasteiger charge is -2.07. The van der Waals surface area contributed by atoms with E-state index in [9.17, 15) is 25.0 Å². The molecule has 3 aromatic rings. The molecular weight excluding hydrogens is 440 g/mol. The van der Waals surface area contributed by atoms with Gasteiger partial charge in [-0.2, -0.15) is 5.26 Å². The van der Waals surface area contributed by atoms with Gasteiger partial charge in [-0.15, -0.1) is 11.8 Å². The van der Waals surface area contributed by atoms with E-state index in [2.05, 4.69) is 10.6 Å². The number of benzene rings is 3. The smallest absolute Gasteiger partial charge is 0.283 e. The lowest BCUT2D eigenvalue weighted by atomic mass is 10.1. The van der Waals surface area contributed by atoms with Crippen molar-refractivity contribution in [2.24, 2.45) is 0 Å². The zero-order valence-electron chi connectivity index (χ0n) is 17.2. The highest BCUT2D eigenvalue weighted by atomic mass is 32.2. The summed E-state index contributed by atoms with van der Waals surface area (Å²) in [6.45, 7) is 0. The average molecular weight is 458 g/mol. The lowest BCUT2D eigenvalue weighted by Crippen LogP contribution is -2.14. The van der Waals surface area contributed by atoms with Crippen LogP contribution in [0, 0.1) is 21.4 Å². The van der Waals surface area contributed by atoms with Gasteiger partial charge >= 0.3 is 0 Å². The van der Waals surface area contributed by atoms with E-state index in [-0.39, 0.29) is 22.9 Å². The Bertz CT molecular complexity index is 1240. The minimum absolute atomic E-state index is 0.0200. The molecule has 0 spiro atoms. The number of carbonyl (C=O) groups is 2. The van der Waals surface area contributed by atoms with Gasteiger partial charge in [-0.1, -0.05) is 42.5 Å². The Morgan fingerprint density at radius 1 is 0.970 bits per heavy atom. The highest BCUT2D eigenvalue weighted by Crippen LogP contribution is 2.31. The maximum atomic E-state index is 12.4. The number of nitrogens with zero attached hydrogens (tertiary/aromatic N) is 2. The van der Waals surface area contributed by atoms with Crippen LogP contribution >= 0.6 is 11.8 Å². The van der Waals surface area contributed by atoms with Crippen molar-refractivity contribution in [2.45, 2.75) is 4.90 Å². The van der Waals surface area contributed by atoms with E-state index in [4.69, 9.17) is 0 Å². The summed E-state index contributed by atoms with van der Waals surface area (Å²) < 4.78 is 0. The fourth-order valence-corrected chi connectivity index (χ4v) is 3.59. The van der Waals surface area contributed by atoms with Crippen LogP contribution in [0.3, 0.4) is 0 Å². The first-order valence-electron chi connectivity index (χ1n) is 9.70. The molecule has 164 valence electrons. The Morgan fingerprint density at radius 3 is 2.15 bits per heavy atom. The van der Waals surface area contributed by atoms with Crippen molar-refractivity contribution in [1.29, 1.82) is 5.26 Å². The molecule has 9 heteroatoms. The molecule has 0 aliphatic carbocycles. The number of nitrogens with one attached hydrogen (secondary N) is 2. The monoisotopic (exact) mass is 458 g/mol. The number of rotatable bonds is 8. The van der Waals surface area contributed by atoms with E-state index in [0.717, 1.165) is 11.8 Å². The van der Waals surface area contributed by atoms with Gasteiger partial charge in [0.15, 0.2) is 0 Å². The Morgan fingerprint density at radius 2 is 1.58 bits per heavy atom. The van der Waals surface area contributed by atoms with Crippen LogP contribution in [0.25, 0.3) is 6.08 Å². The number of para-hydroxylation sites is 2. The molecule has 2 amide bonds. The number of hydrogen-bond acceptors (Lipinski definition) is 6. The highest BCUT2D eigenvalue weighted by Gasteiger charge is 2.17. The molecular formula is C24H18N4O4S. The van der Waals surface area contributed by atoms with Gasteiger partial charge in [0.2, 0.25) is 5.91 Å². The molecule has 0 fully saturated rings. The van der Waals surface area contributed by atoms with E-state index in [1.54, 1.807) is 60.7 Å². The molecule has 0 bridgehead atoms. The first-order valence-corrected chi connectivity index (χ1v) is 10.7. The van der Waals surface area contributed by atoms with Gasteiger partial charge in [-0.3, -0.25) is 19.7 Å². The molecule has 0 radical (unpaired) electrons. The molecule has 0 aliphatic rings. The normalized spacial score (nSPS) is 10.7. The van der Waals surface area contributed by atoms with E-state index in [1.165, 1.54) is 18.2 Å². The second-order valence-corrected chi connectivity index (χ2v) is 7.69. The van der Waals surface area contributed by atoms with Crippen LogP contribution in [0.2, 0.25) is 0 Å². The molecule has 0 saturated carbocycles. The number of carbonyl (C=O) groups excluding carboxylic acids is 2. The van der Waals surface area contributed by atoms with E-state index >= 15 is 0 Å². The largest absolute Gasteiger partial charge is 0.325 e. The van der Waals surface area contributed by atoms with Gasteiger partial charge in [0.1, 0.15) is 11.6 Å². The molecule has 0 unspecified atom stereocenters. The van der Waals surface area contributed by atoms with Crippen LogP contribution in [0.4, 0.5) is 17.1 Å². The molecule has 0 aliphatic heterocycles. The fourth-order valence-electron chi connectivity index (χ4n) is 2.79. The molecule has 0 saturated heterocycles. The zero-order valence-corrected chi connectivity index (χ0v) is 18.0. The number of anilines is 2. The first kappa shape index (κ1) is 23.2. The number of amides is 2.